The number of ether oxygens (including phenoxy) is 2. The number of aliphatic carboxylic acids is 1. The van der Waals surface area contributed by atoms with E-state index in [2.05, 4.69) is 18.7 Å². The Hall–Kier alpha value is -1.38. The number of nitrogens with two attached hydrogens (primary N) is 1. The normalized spacial score (nSPS) is 14.8. The van der Waals surface area contributed by atoms with E-state index in [-0.39, 0.29) is 18.4 Å². The van der Waals surface area contributed by atoms with E-state index in [1.807, 2.05) is 32.0 Å². The minimum Gasteiger partial charge on any atom is -0.492 e. The first-order valence-corrected chi connectivity index (χ1v) is 11.2. The van der Waals surface area contributed by atoms with Crippen LogP contribution in [0.5, 0.6) is 5.75 Å². The van der Waals surface area contributed by atoms with Crippen molar-refractivity contribution in [1.82, 2.24) is 4.90 Å². The third-order valence-corrected chi connectivity index (χ3v) is 5.73. The number of methoxy groups -OCH3 is 1. The molecule has 0 aromatic heterocycles. The Balaban J connectivity index is 2.78. The molecule has 178 valence electrons. The van der Waals surface area contributed by atoms with Crippen LogP contribution in [0.1, 0.15) is 46.1 Å². The molecule has 31 heavy (non-hydrogen) atoms. The number of nitrogens with zero attached hydrogens (tertiary/aromatic N) is 1. The number of benzene rings is 1. The van der Waals surface area contributed by atoms with E-state index in [9.17, 15) is 15.0 Å². The van der Waals surface area contributed by atoms with Crippen molar-refractivity contribution < 1.29 is 24.5 Å². The topological polar surface area (TPSA) is 105 Å². The van der Waals surface area contributed by atoms with Crippen LogP contribution in [0.15, 0.2) is 18.2 Å². The van der Waals surface area contributed by atoms with Crippen molar-refractivity contribution >= 4 is 17.6 Å². The van der Waals surface area contributed by atoms with Gasteiger partial charge < -0.3 is 25.4 Å². The zero-order valence-electron chi connectivity index (χ0n) is 19.4. The fourth-order valence-electron chi connectivity index (χ4n) is 3.32. The summed E-state index contributed by atoms with van der Waals surface area (Å²) in [6.45, 7) is 9.99. The molecule has 0 saturated carbocycles. The maximum atomic E-state index is 11.4. The summed E-state index contributed by atoms with van der Waals surface area (Å²) in [5.74, 6) is -0.967. The van der Waals surface area contributed by atoms with Gasteiger partial charge in [0.2, 0.25) is 0 Å². The molecule has 0 aliphatic heterocycles. The summed E-state index contributed by atoms with van der Waals surface area (Å²) >= 11 is 6.26. The third-order valence-electron chi connectivity index (χ3n) is 5.42. The molecule has 0 bridgehead atoms. The summed E-state index contributed by atoms with van der Waals surface area (Å²) in [6.07, 6.45) is 0.0190. The lowest BCUT2D eigenvalue weighted by molar-refractivity contribution is -0.144. The van der Waals surface area contributed by atoms with Crippen molar-refractivity contribution in [2.45, 2.75) is 65.3 Å². The Morgan fingerprint density at radius 1 is 1.23 bits per heavy atom. The average Bonchev–Trinajstić information content (AvgIpc) is 2.69. The lowest BCUT2D eigenvalue weighted by Crippen LogP contribution is -2.48. The van der Waals surface area contributed by atoms with Gasteiger partial charge in [-0.05, 0) is 43.9 Å². The van der Waals surface area contributed by atoms with E-state index in [4.69, 9.17) is 26.8 Å². The minimum atomic E-state index is -0.902. The number of aliphatic hydroxyl groups is 1. The monoisotopic (exact) mass is 458 g/mol. The molecule has 1 aromatic rings. The number of halogens is 1. The lowest BCUT2D eigenvalue weighted by Gasteiger charge is -2.32. The second-order valence-electron chi connectivity index (χ2n) is 8.64. The van der Waals surface area contributed by atoms with Crippen LogP contribution < -0.4 is 10.5 Å². The average molecular weight is 459 g/mol. The van der Waals surface area contributed by atoms with Crippen molar-refractivity contribution in [3.05, 3.63) is 28.8 Å². The van der Waals surface area contributed by atoms with Crippen molar-refractivity contribution in [2.24, 2.45) is 17.6 Å². The molecule has 0 spiro atoms. The number of carbonyl (C=O) groups is 1. The number of rotatable bonds is 15. The van der Waals surface area contributed by atoms with Gasteiger partial charge in [-0.25, -0.2) is 0 Å². The smallest absolute Gasteiger partial charge is 0.306 e. The molecule has 8 heteroatoms. The second kappa shape index (κ2) is 13.9. The second-order valence-corrected chi connectivity index (χ2v) is 9.05. The quantitative estimate of drug-likeness (QED) is 0.346. The summed E-state index contributed by atoms with van der Waals surface area (Å²) in [7, 11) is 1.65. The van der Waals surface area contributed by atoms with Crippen LogP contribution in [0.25, 0.3) is 0 Å². The predicted molar refractivity (Wildman–Crippen MR) is 124 cm³/mol. The van der Waals surface area contributed by atoms with Gasteiger partial charge >= 0.3 is 5.97 Å². The van der Waals surface area contributed by atoms with E-state index in [1.54, 1.807) is 7.11 Å². The van der Waals surface area contributed by atoms with Crippen molar-refractivity contribution in [2.75, 3.05) is 26.9 Å². The number of hydrogen-bond donors (Lipinski definition) is 3. The number of hydrogen-bond acceptors (Lipinski definition) is 6. The molecule has 1 aromatic carbocycles. The van der Waals surface area contributed by atoms with Crippen LogP contribution in [0.3, 0.4) is 0 Å². The maximum absolute atomic E-state index is 11.4. The van der Waals surface area contributed by atoms with E-state index in [0.717, 1.165) is 12.0 Å². The van der Waals surface area contributed by atoms with Gasteiger partial charge in [0, 0.05) is 45.3 Å². The standard InChI is InChI=1S/C23H39ClN2O5/c1-15(2)18(23(28)29)12-21(27)20(25)14-26(16(3)4)13-17-7-8-19(24)22(11-17)31-10-6-9-30-5/h7-8,11,15-16,18,20-21,27H,6,9-10,12-14,25H2,1-5H3,(H,28,29)/t18-,20-,21-/m0/s1. The number of carboxylic acid groups (broad SMARTS) is 1. The molecule has 0 amide bonds. The maximum Gasteiger partial charge on any atom is 0.306 e. The van der Waals surface area contributed by atoms with Gasteiger partial charge in [0.1, 0.15) is 5.75 Å². The van der Waals surface area contributed by atoms with E-state index in [1.165, 1.54) is 0 Å². The highest BCUT2D eigenvalue weighted by molar-refractivity contribution is 6.32. The van der Waals surface area contributed by atoms with Crippen LogP contribution in [-0.2, 0) is 16.1 Å². The Morgan fingerprint density at radius 3 is 2.45 bits per heavy atom. The SMILES string of the molecule is COCCCOc1cc(CN(C[C@H](N)[C@@H](O)C[C@H](C(=O)O)C(C)C)C(C)C)ccc1Cl. The molecule has 7 nitrogen and oxygen atoms in total. The summed E-state index contributed by atoms with van der Waals surface area (Å²) in [5.41, 5.74) is 7.28. The van der Waals surface area contributed by atoms with Crippen molar-refractivity contribution in [1.29, 1.82) is 0 Å². The molecule has 0 aliphatic carbocycles. The Labute approximate surface area is 191 Å². The third kappa shape index (κ3) is 9.74. The predicted octanol–water partition coefficient (Wildman–Crippen LogP) is 3.40. The van der Waals surface area contributed by atoms with Gasteiger partial charge in [0.15, 0.2) is 0 Å². The van der Waals surface area contributed by atoms with Gasteiger partial charge in [-0.15, -0.1) is 0 Å². The van der Waals surface area contributed by atoms with E-state index in [0.29, 0.717) is 37.1 Å². The van der Waals surface area contributed by atoms with Crippen LogP contribution in [0.4, 0.5) is 0 Å². The summed E-state index contributed by atoms with van der Waals surface area (Å²) in [6, 6.07) is 5.31. The van der Waals surface area contributed by atoms with Gasteiger partial charge in [-0.1, -0.05) is 31.5 Å². The van der Waals surface area contributed by atoms with Crippen LogP contribution in [0.2, 0.25) is 5.02 Å². The van der Waals surface area contributed by atoms with Crippen LogP contribution >= 0.6 is 11.6 Å². The van der Waals surface area contributed by atoms with Gasteiger partial charge in [0.25, 0.3) is 0 Å². The first-order chi connectivity index (χ1) is 14.6. The summed E-state index contributed by atoms with van der Waals surface area (Å²) in [5, 5.41) is 20.5. The highest BCUT2D eigenvalue weighted by Crippen LogP contribution is 2.27. The van der Waals surface area contributed by atoms with Crippen molar-refractivity contribution in [3.8, 4) is 5.75 Å². The molecule has 4 N–H and O–H groups in total. The van der Waals surface area contributed by atoms with Gasteiger partial charge in [0.05, 0.1) is 23.7 Å². The number of carboxylic acids is 1. The molecule has 0 unspecified atom stereocenters. The van der Waals surface area contributed by atoms with Crippen LogP contribution in [0, 0.1) is 11.8 Å². The molecule has 0 heterocycles. The fraction of sp³-hybridized carbons (Fsp3) is 0.696. The fourth-order valence-corrected chi connectivity index (χ4v) is 3.49. The largest absolute Gasteiger partial charge is 0.492 e. The summed E-state index contributed by atoms with van der Waals surface area (Å²) in [4.78, 5) is 13.6. The molecule has 0 aliphatic rings. The van der Waals surface area contributed by atoms with E-state index >= 15 is 0 Å². The molecular weight excluding hydrogens is 420 g/mol. The molecule has 1 rings (SSSR count). The highest BCUT2D eigenvalue weighted by Gasteiger charge is 2.28. The highest BCUT2D eigenvalue weighted by atomic mass is 35.5. The first kappa shape index (κ1) is 27.7. The molecule has 0 radical (unpaired) electrons. The molecular formula is C23H39ClN2O5. The lowest BCUT2D eigenvalue weighted by atomic mass is 9.88. The van der Waals surface area contributed by atoms with Gasteiger partial charge in [-0.3, -0.25) is 9.69 Å². The zero-order chi connectivity index (χ0) is 23.6. The Kier molecular flexibility index (Phi) is 12.4. The van der Waals surface area contributed by atoms with Gasteiger partial charge in [-0.2, -0.15) is 0 Å². The first-order valence-electron chi connectivity index (χ1n) is 10.9. The van der Waals surface area contributed by atoms with Crippen LogP contribution in [-0.4, -0.2) is 66.1 Å². The summed E-state index contributed by atoms with van der Waals surface area (Å²) < 4.78 is 10.8. The molecule has 3 atom stereocenters. The molecule has 0 saturated heterocycles. The molecule has 0 fully saturated rings. The van der Waals surface area contributed by atoms with Crippen molar-refractivity contribution in [3.63, 3.8) is 0 Å². The zero-order valence-corrected chi connectivity index (χ0v) is 20.1. The minimum absolute atomic E-state index is 0.0723. The Morgan fingerprint density at radius 2 is 1.90 bits per heavy atom. The Bertz CT molecular complexity index is 671. The number of aliphatic hydroxyl groups excluding tert-OH is 1. The van der Waals surface area contributed by atoms with E-state index < -0.39 is 24.0 Å².